The van der Waals surface area contributed by atoms with E-state index in [1.165, 1.54) is 0 Å². The monoisotopic (exact) mass is 306 g/mol. The van der Waals surface area contributed by atoms with Crippen LogP contribution in [0.25, 0.3) is 11.1 Å². The van der Waals surface area contributed by atoms with E-state index >= 15 is 0 Å². The van der Waals surface area contributed by atoms with Gasteiger partial charge in [0.05, 0.1) is 0 Å². The predicted octanol–water partition coefficient (Wildman–Crippen LogP) is 2.82. The lowest BCUT2D eigenvalue weighted by Gasteiger charge is -2.13. The molecule has 2 aromatic carbocycles. The van der Waals surface area contributed by atoms with Gasteiger partial charge in [-0.15, -0.1) is 0 Å². The van der Waals surface area contributed by atoms with Gasteiger partial charge >= 0.3 is 0 Å². The second-order valence-electron chi connectivity index (χ2n) is 4.12. The molecule has 5 N–H and O–H groups in total. The SMILES string of the molecule is Nc1cc(N)c(CCO)c(-c2cccc(Br)c2)c1. The van der Waals surface area contributed by atoms with E-state index in [4.69, 9.17) is 16.6 Å². The van der Waals surface area contributed by atoms with Crippen molar-refractivity contribution in [1.29, 1.82) is 0 Å². The summed E-state index contributed by atoms with van der Waals surface area (Å²) >= 11 is 3.45. The van der Waals surface area contributed by atoms with Crippen LogP contribution in [-0.2, 0) is 6.42 Å². The van der Waals surface area contributed by atoms with Crippen LogP contribution in [0.15, 0.2) is 40.9 Å². The van der Waals surface area contributed by atoms with E-state index < -0.39 is 0 Å². The summed E-state index contributed by atoms with van der Waals surface area (Å²) in [5.41, 5.74) is 16.0. The fourth-order valence-electron chi connectivity index (χ4n) is 2.02. The second-order valence-corrected chi connectivity index (χ2v) is 5.04. The molecule has 2 aromatic rings. The zero-order chi connectivity index (χ0) is 13.1. The minimum absolute atomic E-state index is 0.0646. The molecule has 2 rings (SSSR count). The van der Waals surface area contributed by atoms with Gasteiger partial charge in [0.25, 0.3) is 0 Å². The Bertz CT molecular complexity index is 570. The van der Waals surface area contributed by atoms with Crippen molar-refractivity contribution < 1.29 is 5.11 Å². The van der Waals surface area contributed by atoms with Crippen LogP contribution in [0.5, 0.6) is 0 Å². The van der Waals surface area contributed by atoms with Crippen molar-refractivity contribution in [3.63, 3.8) is 0 Å². The summed E-state index contributed by atoms with van der Waals surface area (Å²) in [6, 6.07) is 11.6. The van der Waals surface area contributed by atoms with E-state index in [-0.39, 0.29) is 6.61 Å². The van der Waals surface area contributed by atoms with Crippen molar-refractivity contribution in [2.24, 2.45) is 0 Å². The third-order valence-electron chi connectivity index (χ3n) is 2.80. The van der Waals surface area contributed by atoms with Gasteiger partial charge in [0, 0.05) is 22.5 Å². The van der Waals surface area contributed by atoms with Gasteiger partial charge in [-0.1, -0.05) is 28.1 Å². The number of hydrogen-bond acceptors (Lipinski definition) is 3. The number of halogens is 1. The Balaban J connectivity index is 2.61. The summed E-state index contributed by atoms with van der Waals surface area (Å²) in [5.74, 6) is 0. The van der Waals surface area contributed by atoms with Crippen LogP contribution < -0.4 is 11.5 Å². The first kappa shape index (κ1) is 12.9. The van der Waals surface area contributed by atoms with Crippen molar-refractivity contribution in [3.05, 3.63) is 46.4 Å². The minimum atomic E-state index is 0.0646. The van der Waals surface area contributed by atoms with Gasteiger partial charge in [0.2, 0.25) is 0 Å². The van der Waals surface area contributed by atoms with Gasteiger partial charge in [0.15, 0.2) is 0 Å². The van der Waals surface area contributed by atoms with Crippen molar-refractivity contribution in [1.82, 2.24) is 0 Å². The Labute approximate surface area is 115 Å². The lowest BCUT2D eigenvalue weighted by atomic mass is 9.95. The maximum atomic E-state index is 9.14. The second kappa shape index (κ2) is 5.42. The summed E-state index contributed by atoms with van der Waals surface area (Å²) in [6.45, 7) is 0.0646. The number of nitrogen functional groups attached to an aromatic ring is 2. The fourth-order valence-corrected chi connectivity index (χ4v) is 2.42. The number of aliphatic hydroxyl groups excluding tert-OH is 1. The molecule has 0 radical (unpaired) electrons. The molecule has 0 aliphatic heterocycles. The van der Waals surface area contributed by atoms with Gasteiger partial charge in [-0.25, -0.2) is 0 Å². The van der Waals surface area contributed by atoms with E-state index in [1.807, 2.05) is 30.3 Å². The standard InChI is InChI=1S/C14H15BrN2O/c15-10-3-1-2-9(6-10)13-7-11(16)8-14(17)12(13)4-5-18/h1-3,6-8,18H,4-5,16-17H2. The van der Waals surface area contributed by atoms with Crippen LogP contribution in [0.2, 0.25) is 0 Å². The molecule has 94 valence electrons. The van der Waals surface area contributed by atoms with Crippen LogP contribution in [-0.4, -0.2) is 11.7 Å². The third-order valence-corrected chi connectivity index (χ3v) is 3.30. The Morgan fingerprint density at radius 2 is 1.89 bits per heavy atom. The maximum absolute atomic E-state index is 9.14. The highest BCUT2D eigenvalue weighted by Gasteiger charge is 2.10. The summed E-state index contributed by atoms with van der Waals surface area (Å²) in [6.07, 6.45) is 0.522. The minimum Gasteiger partial charge on any atom is -0.399 e. The molecular formula is C14H15BrN2O. The number of anilines is 2. The first-order valence-corrected chi connectivity index (χ1v) is 6.46. The molecule has 0 saturated heterocycles. The van der Waals surface area contributed by atoms with Gasteiger partial charge in [-0.05, 0) is 47.4 Å². The number of nitrogens with two attached hydrogens (primary N) is 2. The largest absolute Gasteiger partial charge is 0.399 e. The quantitative estimate of drug-likeness (QED) is 0.764. The van der Waals surface area contributed by atoms with Crippen molar-refractivity contribution in [2.75, 3.05) is 18.1 Å². The summed E-state index contributed by atoms with van der Waals surface area (Å²) in [5, 5.41) is 9.14. The number of benzene rings is 2. The highest BCUT2D eigenvalue weighted by atomic mass is 79.9. The van der Waals surface area contributed by atoms with E-state index in [9.17, 15) is 0 Å². The molecule has 0 atom stereocenters. The van der Waals surface area contributed by atoms with E-state index in [1.54, 1.807) is 6.07 Å². The Kier molecular flexibility index (Phi) is 3.89. The molecule has 0 heterocycles. The van der Waals surface area contributed by atoms with Crippen LogP contribution >= 0.6 is 15.9 Å². The molecule has 0 unspecified atom stereocenters. The smallest absolute Gasteiger partial charge is 0.0472 e. The molecule has 0 spiro atoms. The van der Waals surface area contributed by atoms with Crippen LogP contribution in [0, 0.1) is 0 Å². The van der Waals surface area contributed by atoms with Gasteiger partial charge in [0.1, 0.15) is 0 Å². The molecule has 0 aromatic heterocycles. The average Bonchev–Trinajstić information content (AvgIpc) is 2.32. The lowest BCUT2D eigenvalue weighted by molar-refractivity contribution is 0.300. The molecule has 0 bridgehead atoms. The predicted molar refractivity (Wildman–Crippen MR) is 79.2 cm³/mol. The Morgan fingerprint density at radius 1 is 1.11 bits per heavy atom. The Morgan fingerprint density at radius 3 is 2.56 bits per heavy atom. The third kappa shape index (κ3) is 2.66. The van der Waals surface area contributed by atoms with Crippen molar-refractivity contribution >= 4 is 27.3 Å². The zero-order valence-electron chi connectivity index (χ0n) is 9.86. The topological polar surface area (TPSA) is 72.3 Å². The van der Waals surface area contributed by atoms with E-state index in [2.05, 4.69) is 15.9 Å². The van der Waals surface area contributed by atoms with Gasteiger partial charge < -0.3 is 16.6 Å². The summed E-state index contributed by atoms with van der Waals surface area (Å²) < 4.78 is 0.996. The van der Waals surface area contributed by atoms with E-state index in [0.29, 0.717) is 17.8 Å². The number of hydrogen-bond donors (Lipinski definition) is 3. The molecule has 0 amide bonds. The van der Waals surface area contributed by atoms with Crippen LogP contribution in [0.4, 0.5) is 11.4 Å². The van der Waals surface area contributed by atoms with E-state index in [0.717, 1.165) is 21.2 Å². The van der Waals surface area contributed by atoms with Crippen LogP contribution in [0.3, 0.4) is 0 Å². The molecular weight excluding hydrogens is 292 g/mol. The van der Waals surface area contributed by atoms with Crippen molar-refractivity contribution in [3.8, 4) is 11.1 Å². The molecule has 18 heavy (non-hydrogen) atoms. The first-order chi connectivity index (χ1) is 8.61. The van der Waals surface area contributed by atoms with Gasteiger partial charge in [-0.3, -0.25) is 0 Å². The fraction of sp³-hybridized carbons (Fsp3) is 0.143. The number of rotatable bonds is 3. The van der Waals surface area contributed by atoms with Crippen LogP contribution in [0.1, 0.15) is 5.56 Å². The molecule has 0 saturated carbocycles. The maximum Gasteiger partial charge on any atom is 0.0472 e. The highest BCUT2D eigenvalue weighted by molar-refractivity contribution is 9.10. The highest BCUT2D eigenvalue weighted by Crippen LogP contribution is 2.32. The summed E-state index contributed by atoms with van der Waals surface area (Å²) in [4.78, 5) is 0. The summed E-state index contributed by atoms with van der Waals surface area (Å²) in [7, 11) is 0. The average molecular weight is 307 g/mol. The molecule has 0 aliphatic rings. The number of aliphatic hydroxyl groups is 1. The normalized spacial score (nSPS) is 10.6. The lowest BCUT2D eigenvalue weighted by Crippen LogP contribution is -2.02. The molecule has 0 aliphatic carbocycles. The van der Waals surface area contributed by atoms with Gasteiger partial charge in [-0.2, -0.15) is 0 Å². The molecule has 0 fully saturated rings. The Hall–Kier alpha value is -1.52. The molecule has 4 heteroatoms. The zero-order valence-corrected chi connectivity index (χ0v) is 11.4. The molecule has 3 nitrogen and oxygen atoms in total. The first-order valence-electron chi connectivity index (χ1n) is 5.66. The van der Waals surface area contributed by atoms with Crippen molar-refractivity contribution in [2.45, 2.75) is 6.42 Å².